The molecule has 0 bridgehead atoms. The Morgan fingerprint density at radius 3 is 2.03 bits per heavy atom. The third-order valence-corrected chi connectivity index (χ3v) is 7.40. The number of hydrogen-bond acceptors (Lipinski definition) is 4. The second-order valence-electron chi connectivity index (χ2n) is 10.2. The summed E-state index contributed by atoms with van der Waals surface area (Å²) in [5, 5.41) is 15.0. The van der Waals surface area contributed by atoms with E-state index in [1.165, 1.54) is 0 Å². The average Bonchev–Trinajstić information content (AvgIpc) is 3.79. The summed E-state index contributed by atoms with van der Waals surface area (Å²) in [4.78, 5) is 37.2. The van der Waals surface area contributed by atoms with Gasteiger partial charge in [-0.15, -0.1) is 0 Å². The van der Waals surface area contributed by atoms with Crippen molar-refractivity contribution in [3.63, 3.8) is 0 Å². The molecule has 2 fully saturated rings. The Labute approximate surface area is 205 Å². The van der Waals surface area contributed by atoms with Gasteiger partial charge in [0.05, 0.1) is 5.92 Å². The second-order valence-corrected chi connectivity index (χ2v) is 10.2. The summed E-state index contributed by atoms with van der Waals surface area (Å²) in [5.41, 5.74) is 4.57. The van der Waals surface area contributed by atoms with Gasteiger partial charge in [0.1, 0.15) is 12.6 Å². The molecule has 2 aromatic carbocycles. The van der Waals surface area contributed by atoms with Gasteiger partial charge in [-0.3, -0.25) is 9.59 Å². The van der Waals surface area contributed by atoms with Crippen molar-refractivity contribution in [2.75, 3.05) is 13.2 Å². The highest BCUT2D eigenvalue weighted by Crippen LogP contribution is 2.44. The number of alkyl carbamates (subject to hydrolysis) is 1. The fraction of sp³-hybridized carbons (Fsp3) is 0.464. The first kappa shape index (κ1) is 23.4. The van der Waals surface area contributed by atoms with Crippen LogP contribution in [0.5, 0.6) is 0 Å². The molecule has 0 heterocycles. The maximum atomic E-state index is 12.9. The Morgan fingerprint density at radius 1 is 0.886 bits per heavy atom. The predicted molar refractivity (Wildman–Crippen MR) is 131 cm³/mol. The number of fused-ring (bicyclic) bond motifs is 3. The first-order valence-electron chi connectivity index (χ1n) is 12.6. The highest BCUT2D eigenvalue weighted by molar-refractivity contribution is 5.86. The summed E-state index contributed by atoms with van der Waals surface area (Å²) in [5.74, 6) is -1.02. The van der Waals surface area contributed by atoms with E-state index in [1.54, 1.807) is 0 Å². The van der Waals surface area contributed by atoms with Crippen LogP contribution in [0.4, 0.5) is 4.79 Å². The molecule has 2 amide bonds. The molecule has 0 saturated heterocycles. The number of amides is 2. The standard InChI is InChI=1S/C28H32N2O5/c31-26(29-15-19(27(32)33)13-17-9-10-17)25(14-18-11-12-18)30-28(34)35-16-24-22-7-3-1-5-20(22)21-6-2-4-8-23(21)24/h1-8,17-19,24-25H,9-16H2,(H,29,31)(H,30,34)(H,32,33)/t19?,25-/m0/s1. The number of ether oxygens (including phenoxy) is 1. The number of carboxylic acid groups (broad SMARTS) is 1. The summed E-state index contributed by atoms with van der Waals surface area (Å²) in [6.07, 6.45) is 4.70. The zero-order chi connectivity index (χ0) is 24.4. The Balaban J connectivity index is 1.18. The predicted octanol–water partition coefficient (Wildman–Crippen LogP) is 4.31. The number of rotatable bonds is 11. The maximum absolute atomic E-state index is 12.9. The van der Waals surface area contributed by atoms with E-state index in [-0.39, 0.29) is 25.0 Å². The van der Waals surface area contributed by atoms with E-state index in [9.17, 15) is 19.5 Å². The minimum absolute atomic E-state index is 0.0531. The zero-order valence-electron chi connectivity index (χ0n) is 19.7. The van der Waals surface area contributed by atoms with E-state index < -0.39 is 24.0 Å². The van der Waals surface area contributed by atoms with Gasteiger partial charge >= 0.3 is 12.1 Å². The number of aliphatic carboxylic acids is 1. The largest absolute Gasteiger partial charge is 0.481 e. The quantitative estimate of drug-likeness (QED) is 0.448. The number of benzene rings is 2. The molecule has 2 aromatic rings. The molecular weight excluding hydrogens is 444 g/mol. The van der Waals surface area contributed by atoms with Crippen LogP contribution in [-0.2, 0) is 14.3 Å². The minimum atomic E-state index is -0.888. The average molecular weight is 477 g/mol. The molecule has 0 radical (unpaired) electrons. The minimum Gasteiger partial charge on any atom is -0.481 e. The Bertz CT molecular complexity index is 1060. The van der Waals surface area contributed by atoms with Gasteiger partial charge in [0.25, 0.3) is 0 Å². The normalized spacial score (nSPS) is 18.2. The molecule has 2 atom stereocenters. The molecule has 35 heavy (non-hydrogen) atoms. The van der Waals surface area contributed by atoms with Crippen LogP contribution in [0.2, 0.25) is 0 Å². The number of nitrogens with one attached hydrogen (secondary N) is 2. The van der Waals surface area contributed by atoms with E-state index in [4.69, 9.17) is 4.74 Å². The molecule has 2 saturated carbocycles. The number of carbonyl (C=O) groups is 3. The van der Waals surface area contributed by atoms with Crippen LogP contribution >= 0.6 is 0 Å². The summed E-state index contributed by atoms with van der Waals surface area (Å²) in [7, 11) is 0. The van der Waals surface area contributed by atoms with Crippen molar-refractivity contribution in [1.29, 1.82) is 0 Å². The maximum Gasteiger partial charge on any atom is 0.407 e. The van der Waals surface area contributed by atoms with Crippen LogP contribution in [-0.4, -0.2) is 42.3 Å². The van der Waals surface area contributed by atoms with Crippen LogP contribution in [0.15, 0.2) is 48.5 Å². The molecule has 3 aliphatic carbocycles. The monoisotopic (exact) mass is 476 g/mol. The molecule has 3 aliphatic rings. The van der Waals surface area contributed by atoms with E-state index in [1.807, 2.05) is 24.3 Å². The molecule has 0 aliphatic heterocycles. The number of carboxylic acids is 1. The Morgan fingerprint density at radius 2 is 1.46 bits per heavy atom. The van der Waals surface area contributed by atoms with Gasteiger partial charge in [-0.05, 0) is 46.9 Å². The lowest BCUT2D eigenvalue weighted by molar-refractivity contribution is -0.142. The molecule has 0 aromatic heterocycles. The molecular formula is C28H32N2O5. The van der Waals surface area contributed by atoms with E-state index >= 15 is 0 Å². The van der Waals surface area contributed by atoms with Gasteiger partial charge in [0.2, 0.25) is 5.91 Å². The van der Waals surface area contributed by atoms with Crippen molar-refractivity contribution >= 4 is 18.0 Å². The van der Waals surface area contributed by atoms with Crippen LogP contribution in [0.3, 0.4) is 0 Å². The SMILES string of the molecule is O=C(N[C@@H](CC1CC1)C(=O)NCC(CC1CC1)C(=O)O)OCC1c2ccccc2-c2ccccc21. The van der Waals surface area contributed by atoms with E-state index in [0.717, 1.165) is 47.9 Å². The lowest BCUT2D eigenvalue weighted by Gasteiger charge is -2.21. The van der Waals surface area contributed by atoms with E-state index in [0.29, 0.717) is 24.7 Å². The topological polar surface area (TPSA) is 105 Å². The second kappa shape index (κ2) is 10.1. The van der Waals surface area contributed by atoms with Crippen molar-refractivity contribution < 1.29 is 24.2 Å². The molecule has 5 rings (SSSR count). The van der Waals surface area contributed by atoms with Gasteiger partial charge in [0, 0.05) is 12.5 Å². The van der Waals surface area contributed by atoms with Crippen LogP contribution in [0, 0.1) is 17.8 Å². The molecule has 0 spiro atoms. The van der Waals surface area contributed by atoms with Gasteiger partial charge in [-0.25, -0.2) is 4.79 Å². The summed E-state index contributed by atoms with van der Waals surface area (Å²) < 4.78 is 5.62. The molecule has 7 nitrogen and oxygen atoms in total. The van der Waals surface area contributed by atoms with Gasteiger partial charge in [-0.2, -0.15) is 0 Å². The van der Waals surface area contributed by atoms with Crippen LogP contribution in [0.25, 0.3) is 11.1 Å². The molecule has 184 valence electrons. The Kier molecular flexibility index (Phi) is 6.75. The lowest BCUT2D eigenvalue weighted by Crippen LogP contribution is -2.48. The first-order chi connectivity index (χ1) is 17.0. The highest BCUT2D eigenvalue weighted by Gasteiger charge is 2.34. The fourth-order valence-electron chi connectivity index (χ4n) is 5.08. The van der Waals surface area contributed by atoms with Crippen molar-refractivity contribution in [2.45, 2.75) is 50.5 Å². The summed E-state index contributed by atoms with van der Waals surface area (Å²) >= 11 is 0. The van der Waals surface area contributed by atoms with Crippen LogP contribution < -0.4 is 10.6 Å². The first-order valence-corrected chi connectivity index (χ1v) is 12.6. The van der Waals surface area contributed by atoms with E-state index in [2.05, 4.69) is 34.9 Å². The third-order valence-electron chi connectivity index (χ3n) is 7.40. The highest BCUT2D eigenvalue weighted by atomic mass is 16.5. The number of hydrogen-bond donors (Lipinski definition) is 3. The van der Waals surface area contributed by atoms with Crippen molar-refractivity contribution in [3.8, 4) is 11.1 Å². The molecule has 3 N–H and O–H groups in total. The van der Waals surface area contributed by atoms with Crippen molar-refractivity contribution in [1.82, 2.24) is 10.6 Å². The van der Waals surface area contributed by atoms with Crippen molar-refractivity contribution in [2.24, 2.45) is 17.8 Å². The van der Waals surface area contributed by atoms with Gasteiger partial charge in [0.15, 0.2) is 0 Å². The fourth-order valence-corrected chi connectivity index (χ4v) is 5.08. The molecule has 7 heteroatoms. The number of carbonyl (C=O) groups excluding carboxylic acids is 2. The molecule has 1 unspecified atom stereocenters. The van der Waals surface area contributed by atoms with Gasteiger partial charge < -0.3 is 20.5 Å². The smallest absolute Gasteiger partial charge is 0.407 e. The van der Waals surface area contributed by atoms with Crippen molar-refractivity contribution in [3.05, 3.63) is 59.7 Å². The lowest BCUT2D eigenvalue weighted by atomic mass is 9.98. The van der Waals surface area contributed by atoms with Gasteiger partial charge in [-0.1, -0.05) is 74.2 Å². The Hall–Kier alpha value is -3.35. The zero-order valence-corrected chi connectivity index (χ0v) is 19.7. The summed E-state index contributed by atoms with van der Waals surface area (Å²) in [6.45, 7) is 0.262. The third kappa shape index (κ3) is 5.66. The van der Waals surface area contributed by atoms with Crippen LogP contribution in [0.1, 0.15) is 55.6 Å². The summed E-state index contributed by atoms with van der Waals surface area (Å²) in [6, 6.07) is 15.5.